The summed E-state index contributed by atoms with van der Waals surface area (Å²) in [5.41, 5.74) is 9.39. The predicted octanol–water partition coefficient (Wildman–Crippen LogP) is 2.01. The van der Waals surface area contributed by atoms with Gasteiger partial charge in [0.1, 0.15) is 5.82 Å². The van der Waals surface area contributed by atoms with Crippen LogP contribution in [0.1, 0.15) is 37.8 Å². The molecule has 0 aliphatic rings. The third-order valence-electron chi connectivity index (χ3n) is 2.34. The Morgan fingerprint density at radius 2 is 2.33 bits per heavy atom. The molecule has 1 aromatic heterocycles. The van der Waals surface area contributed by atoms with Gasteiger partial charge in [0.15, 0.2) is 0 Å². The maximum atomic E-state index is 5.87. The molecule has 15 heavy (non-hydrogen) atoms. The van der Waals surface area contributed by atoms with Crippen molar-refractivity contribution in [2.75, 3.05) is 5.73 Å². The van der Waals surface area contributed by atoms with Gasteiger partial charge >= 0.3 is 0 Å². The van der Waals surface area contributed by atoms with Crippen LogP contribution in [0.2, 0.25) is 5.02 Å². The minimum Gasteiger partial charge on any atom is -0.383 e. The van der Waals surface area contributed by atoms with Gasteiger partial charge in [-0.3, -0.25) is 11.3 Å². The highest BCUT2D eigenvalue weighted by molar-refractivity contribution is 6.30. The average Bonchev–Trinajstić information content (AvgIpc) is 2.24. The summed E-state index contributed by atoms with van der Waals surface area (Å²) in [6, 6.07) is 1.83. The zero-order valence-corrected chi connectivity index (χ0v) is 9.59. The molecule has 5 heteroatoms. The third-order valence-corrected chi connectivity index (χ3v) is 2.55. The number of nitrogen functional groups attached to an aromatic ring is 1. The second kappa shape index (κ2) is 5.90. The fraction of sp³-hybridized carbons (Fsp3) is 0.500. The van der Waals surface area contributed by atoms with Crippen LogP contribution >= 0.6 is 11.6 Å². The highest BCUT2D eigenvalue weighted by Crippen LogP contribution is 2.25. The first-order valence-corrected chi connectivity index (χ1v) is 5.43. The number of hydrogen-bond acceptors (Lipinski definition) is 4. The fourth-order valence-corrected chi connectivity index (χ4v) is 1.65. The number of unbranched alkanes of at least 4 members (excludes halogenated alkanes) is 1. The molecule has 4 nitrogen and oxygen atoms in total. The summed E-state index contributed by atoms with van der Waals surface area (Å²) >= 11 is 5.87. The molecule has 0 aliphatic carbocycles. The minimum absolute atomic E-state index is 0.0242. The van der Waals surface area contributed by atoms with Gasteiger partial charge in [-0.25, -0.2) is 4.98 Å². The van der Waals surface area contributed by atoms with Gasteiger partial charge in [-0.1, -0.05) is 31.4 Å². The number of pyridine rings is 1. The third kappa shape index (κ3) is 3.34. The molecule has 1 unspecified atom stereocenters. The zero-order valence-electron chi connectivity index (χ0n) is 8.83. The smallest absolute Gasteiger partial charge is 0.128 e. The fourth-order valence-electron chi connectivity index (χ4n) is 1.48. The molecule has 0 fully saturated rings. The van der Waals surface area contributed by atoms with Gasteiger partial charge in [0.2, 0.25) is 0 Å². The molecule has 1 heterocycles. The van der Waals surface area contributed by atoms with Crippen LogP contribution < -0.4 is 17.0 Å². The lowest BCUT2D eigenvalue weighted by molar-refractivity contribution is 0.495. The summed E-state index contributed by atoms with van der Waals surface area (Å²) in [5, 5.41) is 0.580. The second-order valence-electron chi connectivity index (χ2n) is 3.49. The van der Waals surface area contributed by atoms with Gasteiger partial charge < -0.3 is 5.73 Å². The van der Waals surface area contributed by atoms with Gasteiger partial charge in [-0.15, -0.1) is 0 Å². The lowest BCUT2D eigenvalue weighted by Gasteiger charge is -2.17. The maximum absolute atomic E-state index is 5.87. The van der Waals surface area contributed by atoms with E-state index >= 15 is 0 Å². The summed E-state index contributed by atoms with van der Waals surface area (Å²) in [7, 11) is 0. The van der Waals surface area contributed by atoms with Gasteiger partial charge in [0.05, 0.1) is 5.02 Å². The Labute approximate surface area is 95.0 Å². The molecule has 1 aromatic rings. The summed E-state index contributed by atoms with van der Waals surface area (Å²) in [6.07, 6.45) is 4.67. The number of nitrogens with two attached hydrogens (primary N) is 2. The molecule has 0 spiro atoms. The Kier molecular flexibility index (Phi) is 4.81. The Hall–Kier alpha value is -0.840. The van der Waals surface area contributed by atoms with Crippen LogP contribution in [0, 0.1) is 0 Å². The number of hydrazine groups is 1. The van der Waals surface area contributed by atoms with Crippen LogP contribution in [-0.4, -0.2) is 4.98 Å². The van der Waals surface area contributed by atoms with E-state index in [-0.39, 0.29) is 6.04 Å². The van der Waals surface area contributed by atoms with Crippen molar-refractivity contribution < 1.29 is 0 Å². The average molecular weight is 229 g/mol. The molecule has 0 aliphatic heterocycles. The monoisotopic (exact) mass is 228 g/mol. The van der Waals surface area contributed by atoms with Crippen molar-refractivity contribution in [1.29, 1.82) is 0 Å². The van der Waals surface area contributed by atoms with E-state index in [1.165, 1.54) is 6.20 Å². The van der Waals surface area contributed by atoms with Crippen LogP contribution in [0.15, 0.2) is 12.3 Å². The normalized spacial score (nSPS) is 12.7. The Balaban J connectivity index is 2.85. The number of halogens is 1. The topological polar surface area (TPSA) is 77.0 Å². The quantitative estimate of drug-likeness (QED) is 0.532. The van der Waals surface area contributed by atoms with Crippen molar-refractivity contribution in [3.8, 4) is 0 Å². The summed E-state index contributed by atoms with van der Waals surface area (Å²) < 4.78 is 0. The SMILES string of the molecule is CCCCC(NN)c1cc(Cl)cnc1N. The molecule has 0 aromatic carbocycles. The molecule has 84 valence electrons. The first kappa shape index (κ1) is 12.2. The first-order chi connectivity index (χ1) is 7.19. The van der Waals surface area contributed by atoms with Crippen molar-refractivity contribution >= 4 is 17.4 Å². The molecular formula is C10H17ClN4. The standard InChI is InChI=1S/C10H17ClN4/c1-2-3-4-9(15-13)8-5-7(11)6-14-10(8)12/h5-6,9,15H,2-4,13H2,1H3,(H2,12,14). The van der Waals surface area contributed by atoms with E-state index in [2.05, 4.69) is 17.3 Å². The molecule has 0 saturated heterocycles. The summed E-state index contributed by atoms with van der Waals surface area (Å²) in [4.78, 5) is 4.01. The number of aromatic nitrogens is 1. The lowest BCUT2D eigenvalue weighted by Crippen LogP contribution is -2.28. The highest BCUT2D eigenvalue weighted by Gasteiger charge is 2.13. The summed E-state index contributed by atoms with van der Waals surface area (Å²) in [6.45, 7) is 2.13. The Morgan fingerprint density at radius 1 is 1.60 bits per heavy atom. The van der Waals surface area contributed by atoms with E-state index in [1.54, 1.807) is 0 Å². The van der Waals surface area contributed by atoms with E-state index in [9.17, 15) is 0 Å². The van der Waals surface area contributed by atoms with Crippen LogP contribution in [0.25, 0.3) is 0 Å². The van der Waals surface area contributed by atoms with Gasteiger partial charge in [0.25, 0.3) is 0 Å². The van der Waals surface area contributed by atoms with E-state index < -0.39 is 0 Å². The van der Waals surface area contributed by atoms with Crippen molar-refractivity contribution in [2.45, 2.75) is 32.2 Å². The van der Waals surface area contributed by atoms with Gasteiger partial charge in [-0.05, 0) is 12.5 Å². The van der Waals surface area contributed by atoms with Crippen LogP contribution in [-0.2, 0) is 0 Å². The van der Waals surface area contributed by atoms with Crippen molar-refractivity contribution in [1.82, 2.24) is 10.4 Å². The van der Waals surface area contributed by atoms with Crippen molar-refractivity contribution in [3.05, 3.63) is 22.8 Å². The van der Waals surface area contributed by atoms with Crippen LogP contribution in [0.5, 0.6) is 0 Å². The van der Waals surface area contributed by atoms with Gasteiger partial charge in [-0.2, -0.15) is 0 Å². The minimum atomic E-state index is 0.0242. The summed E-state index contributed by atoms with van der Waals surface area (Å²) in [5.74, 6) is 5.97. The molecule has 0 radical (unpaired) electrons. The van der Waals surface area contributed by atoms with E-state index in [1.807, 2.05) is 6.07 Å². The largest absolute Gasteiger partial charge is 0.383 e. The highest BCUT2D eigenvalue weighted by atomic mass is 35.5. The van der Waals surface area contributed by atoms with E-state index in [0.29, 0.717) is 10.8 Å². The molecule has 0 saturated carbocycles. The number of rotatable bonds is 5. The van der Waals surface area contributed by atoms with Crippen LogP contribution in [0.3, 0.4) is 0 Å². The Morgan fingerprint density at radius 3 is 2.93 bits per heavy atom. The molecule has 0 bridgehead atoms. The van der Waals surface area contributed by atoms with E-state index in [0.717, 1.165) is 24.8 Å². The molecular weight excluding hydrogens is 212 g/mol. The first-order valence-electron chi connectivity index (χ1n) is 5.06. The number of nitrogens with zero attached hydrogens (tertiary/aromatic N) is 1. The molecule has 5 N–H and O–H groups in total. The number of nitrogens with one attached hydrogen (secondary N) is 1. The maximum Gasteiger partial charge on any atom is 0.128 e. The Bertz CT molecular complexity index is 316. The molecule has 0 amide bonds. The molecule has 1 atom stereocenters. The lowest BCUT2D eigenvalue weighted by atomic mass is 10.0. The van der Waals surface area contributed by atoms with Crippen molar-refractivity contribution in [3.63, 3.8) is 0 Å². The molecule has 1 rings (SSSR count). The van der Waals surface area contributed by atoms with Gasteiger partial charge in [0, 0.05) is 17.8 Å². The van der Waals surface area contributed by atoms with Crippen molar-refractivity contribution in [2.24, 2.45) is 5.84 Å². The second-order valence-corrected chi connectivity index (χ2v) is 3.93. The zero-order chi connectivity index (χ0) is 11.3. The number of anilines is 1. The van der Waals surface area contributed by atoms with Crippen LogP contribution in [0.4, 0.5) is 5.82 Å². The number of hydrogen-bond donors (Lipinski definition) is 3. The van der Waals surface area contributed by atoms with E-state index in [4.69, 9.17) is 23.2 Å². The predicted molar refractivity (Wildman–Crippen MR) is 63.2 cm³/mol.